The molecule has 0 spiro atoms. The summed E-state index contributed by atoms with van der Waals surface area (Å²) in [7, 11) is 0. The number of carbonyl (C=O) groups excluding carboxylic acids is 1. The average Bonchev–Trinajstić information content (AvgIpc) is 2.75. The minimum atomic E-state index is -1.05. The molecular formula is C13H13N3O3S2. The van der Waals surface area contributed by atoms with Crippen LogP contribution >= 0.6 is 24.0 Å². The molecule has 1 fully saturated rings. The fraction of sp³-hybridized carbons (Fsp3) is 0.154. The topological polar surface area (TPSA) is 104 Å². The van der Waals surface area contributed by atoms with E-state index < -0.39 is 12.0 Å². The molecule has 6 nitrogen and oxygen atoms in total. The van der Waals surface area contributed by atoms with E-state index in [2.05, 4.69) is 10.6 Å². The van der Waals surface area contributed by atoms with E-state index in [-0.39, 0.29) is 12.5 Å². The third kappa shape index (κ3) is 4.28. The van der Waals surface area contributed by atoms with Crippen LogP contribution in [0.3, 0.4) is 0 Å². The van der Waals surface area contributed by atoms with Gasteiger partial charge in [-0.2, -0.15) is 0 Å². The number of hydrogen-bond donors (Lipinski definition) is 4. The first-order valence-corrected chi connectivity index (χ1v) is 7.25. The standard InChI is InChI=1S/C13H13N3O3S2/c14-9(12(18)19)6-15-8-3-1-7(2-4-8)5-10-11(17)16-13(20)21-10/h1-5,9,15H,6,14H2,(H,18,19)(H,16,17,20)/b10-5-/t9-/m1/s1. The van der Waals surface area contributed by atoms with E-state index in [1.165, 1.54) is 11.8 Å². The molecule has 0 aliphatic carbocycles. The van der Waals surface area contributed by atoms with Gasteiger partial charge in [0.25, 0.3) is 5.91 Å². The van der Waals surface area contributed by atoms with Gasteiger partial charge in [-0.15, -0.1) is 0 Å². The summed E-state index contributed by atoms with van der Waals surface area (Å²) in [6.07, 6.45) is 1.74. The molecule has 0 unspecified atom stereocenters. The number of nitrogens with one attached hydrogen (secondary N) is 2. The maximum absolute atomic E-state index is 11.5. The maximum atomic E-state index is 11.5. The van der Waals surface area contributed by atoms with Gasteiger partial charge in [0, 0.05) is 12.2 Å². The van der Waals surface area contributed by atoms with Crippen LogP contribution in [0.2, 0.25) is 0 Å². The Bertz CT molecular complexity index is 614. The predicted molar refractivity (Wildman–Crippen MR) is 86.9 cm³/mol. The zero-order valence-electron chi connectivity index (χ0n) is 10.8. The number of hydrogen-bond acceptors (Lipinski definition) is 6. The third-order valence-electron chi connectivity index (χ3n) is 2.69. The molecule has 21 heavy (non-hydrogen) atoms. The van der Waals surface area contributed by atoms with Crippen LogP contribution in [-0.2, 0) is 9.59 Å². The van der Waals surface area contributed by atoms with Crippen molar-refractivity contribution in [1.29, 1.82) is 0 Å². The van der Waals surface area contributed by atoms with Gasteiger partial charge in [0.05, 0.1) is 4.91 Å². The smallest absolute Gasteiger partial charge is 0.322 e. The van der Waals surface area contributed by atoms with Gasteiger partial charge in [-0.05, 0) is 23.8 Å². The highest BCUT2D eigenvalue weighted by Gasteiger charge is 2.21. The number of rotatable bonds is 5. The first-order valence-electron chi connectivity index (χ1n) is 6.03. The summed E-state index contributed by atoms with van der Waals surface area (Å²) in [5, 5.41) is 14.2. The fourth-order valence-corrected chi connectivity index (χ4v) is 2.63. The van der Waals surface area contributed by atoms with Gasteiger partial charge in [0.2, 0.25) is 0 Å². The van der Waals surface area contributed by atoms with Crippen molar-refractivity contribution >= 4 is 51.9 Å². The van der Waals surface area contributed by atoms with Crippen LogP contribution in [0.1, 0.15) is 5.56 Å². The molecule has 1 aliphatic rings. The lowest BCUT2D eigenvalue weighted by molar-refractivity contribution is -0.138. The van der Waals surface area contributed by atoms with Gasteiger partial charge in [-0.25, -0.2) is 0 Å². The van der Waals surface area contributed by atoms with Crippen LogP contribution in [0.15, 0.2) is 29.2 Å². The van der Waals surface area contributed by atoms with Crippen molar-refractivity contribution in [2.45, 2.75) is 6.04 Å². The number of carboxylic acid groups (broad SMARTS) is 1. The van der Waals surface area contributed by atoms with Gasteiger partial charge in [0.1, 0.15) is 10.4 Å². The van der Waals surface area contributed by atoms with Crippen molar-refractivity contribution in [3.05, 3.63) is 34.7 Å². The normalized spacial score (nSPS) is 17.7. The summed E-state index contributed by atoms with van der Waals surface area (Å²) < 4.78 is 0.451. The Morgan fingerprint density at radius 3 is 2.67 bits per heavy atom. The molecule has 1 aromatic carbocycles. The number of benzene rings is 1. The maximum Gasteiger partial charge on any atom is 0.322 e. The summed E-state index contributed by atoms with van der Waals surface area (Å²) in [5.74, 6) is -1.25. The van der Waals surface area contributed by atoms with Crippen LogP contribution in [0.25, 0.3) is 6.08 Å². The molecule has 0 bridgehead atoms. The van der Waals surface area contributed by atoms with E-state index in [0.717, 1.165) is 11.3 Å². The van der Waals surface area contributed by atoms with E-state index in [9.17, 15) is 9.59 Å². The second kappa shape index (κ2) is 6.70. The van der Waals surface area contributed by atoms with E-state index >= 15 is 0 Å². The largest absolute Gasteiger partial charge is 0.480 e. The molecule has 1 atom stereocenters. The number of amides is 1. The number of thioether (sulfide) groups is 1. The van der Waals surface area contributed by atoms with E-state index in [1.807, 2.05) is 12.1 Å². The van der Waals surface area contributed by atoms with Crippen molar-refractivity contribution in [1.82, 2.24) is 5.32 Å². The van der Waals surface area contributed by atoms with Crippen LogP contribution in [-0.4, -0.2) is 33.9 Å². The quantitative estimate of drug-likeness (QED) is 0.473. The van der Waals surface area contributed by atoms with Gasteiger partial charge < -0.3 is 21.5 Å². The molecule has 1 heterocycles. The molecule has 1 aliphatic heterocycles. The van der Waals surface area contributed by atoms with Crippen LogP contribution < -0.4 is 16.4 Å². The Hall–Kier alpha value is -1.90. The van der Waals surface area contributed by atoms with E-state index in [0.29, 0.717) is 9.23 Å². The minimum Gasteiger partial charge on any atom is -0.480 e. The molecule has 5 N–H and O–H groups in total. The SMILES string of the molecule is N[C@H](CNc1ccc(/C=C2\SC(=S)NC2=O)cc1)C(=O)O. The summed E-state index contributed by atoms with van der Waals surface area (Å²) in [6, 6.07) is 6.26. The van der Waals surface area contributed by atoms with Crippen molar-refractivity contribution < 1.29 is 14.7 Å². The monoisotopic (exact) mass is 323 g/mol. The molecule has 8 heteroatoms. The molecule has 1 saturated heterocycles. The Balaban J connectivity index is 1.99. The zero-order valence-corrected chi connectivity index (χ0v) is 12.5. The highest BCUT2D eigenvalue weighted by molar-refractivity contribution is 8.26. The molecule has 2 rings (SSSR count). The lowest BCUT2D eigenvalue weighted by Gasteiger charge is -2.09. The minimum absolute atomic E-state index is 0.141. The molecular weight excluding hydrogens is 310 g/mol. The van der Waals surface area contributed by atoms with Crippen molar-refractivity contribution in [2.75, 3.05) is 11.9 Å². The second-order valence-corrected chi connectivity index (χ2v) is 6.02. The lowest BCUT2D eigenvalue weighted by Crippen LogP contribution is -2.36. The highest BCUT2D eigenvalue weighted by Crippen LogP contribution is 2.26. The zero-order chi connectivity index (χ0) is 15.4. The summed E-state index contributed by atoms with van der Waals surface area (Å²) in [5.41, 5.74) is 7.01. The van der Waals surface area contributed by atoms with Gasteiger partial charge >= 0.3 is 5.97 Å². The molecule has 1 aromatic rings. The molecule has 0 radical (unpaired) electrons. The van der Waals surface area contributed by atoms with Crippen LogP contribution in [0, 0.1) is 0 Å². The fourth-order valence-electron chi connectivity index (χ4n) is 1.58. The Morgan fingerprint density at radius 2 is 2.14 bits per heavy atom. The predicted octanol–water partition coefficient (Wildman–Crippen LogP) is 0.999. The molecule has 110 valence electrons. The van der Waals surface area contributed by atoms with Gasteiger partial charge in [0.15, 0.2) is 0 Å². The van der Waals surface area contributed by atoms with Crippen molar-refractivity contribution in [3.8, 4) is 0 Å². The number of thiocarbonyl (C=S) groups is 1. The van der Waals surface area contributed by atoms with Gasteiger partial charge in [-0.3, -0.25) is 9.59 Å². The average molecular weight is 323 g/mol. The lowest BCUT2D eigenvalue weighted by atomic mass is 10.2. The number of anilines is 1. The first kappa shape index (κ1) is 15.5. The summed E-state index contributed by atoms with van der Waals surface area (Å²) >= 11 is 6.13. The summed E-state index contributed by atoms with van der Waals surface area (Å²) in [6.45, 7) is 0.141. The van der Waals surface area contributed by atoms with Gasteiger partial charge in [-0.1, -0.05) is 36.1 Å². The highest BCUT2D eigenvalue weighted by atomic mass is 32.2. The van der Waals surface area contributed by atoms with E-state index in [1.54, 1.807) is 18.2 Å². The number of nitrogens with two attached hydrogens (primary N) is 1. The molecule has 1 amide bonds. The summed E-state index contributed by atoms with van der Waals surface area (Å²) in [4.78, 5) is 22.7. The second-order valence-electron chi connectivity index (χ2n) is 4.30. The Labute approximate surface area is 130 Å². The van der Waals surface area contributed by atoms with Crippen LogP contribution in [0.5, 0.6) is 0 Å². The number of carboxylic acids is 1. The van der Waals surface area contributed by atoms with Crippen molar-refractivity contribution in [2.24, 2.45) is 5.73 Å². The number of carbonyl (C=O) groups is 2. The van der Waals surface area contributed by atoms with Crippen molar-refractivity contribution in [3.63, 3.8) is 0 Å². The number of aliphatic carboxylic acids is 1. The molecule has 0 aromatic heterocycles. The Kier molecular flexibility index (Phi) is 4.94. The first-order chi connectivity index (χ1) is 9.95. The van der Waals surface area contributed by atoms with Crippen LogP contribution in [0.4, 0.5) is 5.69 Å². The molecule has 0 saturated carbocycles. The van der Waals surface area contributed by atoms with E-state index in [4.69, 9.17) is 23.1 Å². The third-order valence-corrected chi connectivity index (χ3v) is 3.86. The Morgan fingerprint density at radius 1 is 1.48 bits per heavy atom.